The number of benzene rings is 1. The Morgan fingerprint density at radius 3 is 2.69 bits per heavy atom. The van der Waals surface area contributed by atoms with Gasteiger partial charge in [-0.2, -0.15) is 4.39 Å². The standard InChI is InChI=1S/C11H13FO4/c1-3-7-4-5-8(9(6-7)15-2)16-10(12)11(13)14/h4-6,10H,3H2,1-2H3,(H,13,14). The molecule has 0 fully saturated rings. The second kappa shape index (κ2) is 5.34. The van der Waals surface area contributed by atoms with E-state index >= 15 is 0 Å². The first kappa shape index (κ1) is 12.3. The lowest BCUT2D eigenvalue weighted by molar-refractivity contribution is -0.153. The molecule has 0 saturated carbocycles. The van der Waals surface area contributed by atoms with Crippen LogP contribution in [0.15, 0.2) is 18.2 Å². The number of halogens is 1. The minimum absolute atomic E-state index is 0.0783. The van der Waals surface area contributed by atoms with Crippen LogP contribution in [0.3, 0.4) is 0 Å². The molecule has 0 spiro atoms. The molecule has 0 radical (unpaired) electrons. The summed E-state index contributed by atoms with van der Waals surface area (Å²) in [6.45, 7) is 1.96. The van der Waals surface area contributed by atoms with Crippen LogP contribution in [0, 0.1) is 0 Å². The van der Waals surface area contributed by atoms with Crippen molar-refractivity contribution in [3.05, 3.63) is 23.8 Å². The smallest absolute Gasteiger partial charge is 0.378 e. The molecule has 0 heterocycles. The van der Waals surface area contributed by atoms with Crippen LogP contribution in [0.25, 0.3) is 0 Å². The third-order valence-corrected chi connectivity index (χ3v) is 2.06. The van der Waals surface area contributed by atoms with Crippen molar-refractivity contribution >= 4 is 5.97 Å². The lowest BCUT2D eigenvalue weighted by Gasteiger charge is -2.12. The van der Waals surface area contributed by atoms with Gasteiger partial charge < -0.3 is 14.6 Å². The molecule has 88 valence electrons. The molecule has 1 unspecified atom stereocenters. The average molecular weight is 228 g/mol. The molecule has 1 aromatic rings. The van der Waals surface area contributed by atoms with Gasteiger partial charge in [0, 0.05) is 0 Å². The van der Waals surface area contributed by atoms with Gasteiger partial charge in [-0.05, 0) is 24.1 Å². The first-order valence-electron chi connectivity index (χ1n) is 4.79. The van der Waals surface area contributed by atoms with Crippen LogP contribution >= 0.6 is 0 Å². The van der Waals surface area contributed by atoms with Crippen molar-refractivity contribution in [1.82, 2.24) is 0 Å². The number of carboxylic acid groups (broad SMARTS) is 1. The summed E-state index contributed by atoms with van der Waals surface area (Å²) in [5.74, 6) is -1.26. The van der Waals surface area contributed by atoms with Crippen molar-refractivity contribution in [2.75, 3.05) is 7.11 Å². The summed E-state index contributed by atoms with van der Waals surface area (Å²) in [5, 5.41) is 8.37. The first-order chi connectivity index (χ1) is 7.58. The molecule has 0 aliphatic heterocycles. The molecule has 5 heteroatoms. The zero-order chi connectivity index (χ0) is 12.1. The minimum atomic E-state index is -2.39. The number of rotatable bonds is 5. The van der Waals surface area contributed by atoms with E-state index in [1.54, 1.807) is 12.1 Å². The normalized spacial score (nSPS) is 11.9. The molecule has 1 aromatic carbocycles. The molecule has 1 atom stereocenters. The van der Waals surface area contributed by atoms with Gasteiger partial charge in [-0.1, -0.05) is 13.0 Å². The van der Waals surface area contributed by atoms with Gasteiger partial charge in [-0.25, -0.2) is 4.79 Å². The maximum absolute atomic E-state index is 12.8. The van der Waals surface area contributed by atoms with Gasteiger partial charge in [0.25, 0.3) is 0 Å². The van der Waals surface area contributed by atoms with Gasteiger partial charge in [0.1, 0.15) is 0 Å². The highest BCUT2D eigenvalue weighted by Crippen LogP contribution is 2.29. The highest BCUT2D eigenvalue weighted by molar-refractivity contribution is 5.71. The van der Waals surface area contributed by atoms with Crippen LogP contribution < -0.4 is 9.47 Å². The van der Waals surface area contributed by atoms with Crippen LogP contribution in [-0.4, -0.2) is 24.5 Å². The van der Waals surface area contributed by atoms with Gasteiger partial charge in [0.05, 0.1) is 7.11 Å². The lowest BCUT2D eigenvalue weighted by atomic mass is 10.1. The molecule has 0 aliphatic carbocycles. The number of aliphatic carboxylic acids is 1. The minimum Gasteiger partial charge on any atom is -0.493 e. The zero-order valence-corrected chi connectivity index (χ0v) is 9.07. The van der Waals surface area contributed by atoms with Crippen LogP contribution in [0.4, 0.5) is 4.39 Å². The SMILES string of the molecule is CCc1ccc(OC(F)C(=O)O)c(OC)c1. The molecular weight excluding hydrogens is 215 g/mol. The Balaban J connectivity index is 2.91. The molecular formula is C11H13FO4. The van der Waals surface area contributed by atoms with E-state index in [0.717, 1.165) is 12.0 Å². The van der Waals surface area contributed by atoms with E-state index in [1.807, 2.05) is 6.92 Å². The number of aryl methyl sites for hydroxylation is 1. The van der Waals surface area contributed by atoms with E-state index in [0.29, 0.717) is 5.75 Å². The molecule has 16 heavy (non-hydrogen) atoms. The fourth-order valence-corrected chi connectivity index (χ4v) is 1.19. The summed E-state index contributed by atoms with van der Waals surface area (Å²) in [4.78, 5) is 10.3. The molecule has 0 amide bonds. The maximum Gasteiger partial charge on any atom is 0.378 e. The summed E-state index contributed by atoms with van der Waals surface area (Å²) < 4.78 is 22.4. The number of carbonyl (C=O) groups is 1. The summed E-state index contributed by atoms with van der Waals surface area (Å²) >= 11 is 0. The van der Waals surface area contributed by atoms with Crippen molar-refractivity contribution in [3.8, 4) is 11.5 Å². The lowest BCUT2D eigenvalue weighted by Crippen LogP contribution is -2.21. The zero-order valence-electron chi connectivity index (χ0n) is 9.07. The highest BCUT2D eigenvalue weighted by atomic mass is 19.1. The number of ether oxygens (including phenoxy) is 2. The van der Waals surface area contributed by atoms with E-state index in [4.69, 9.17) is 9.84 Å². The molecule has 1 rings (SSSR count). The van der Waals surface area contributed by atoms with Gasteiger partial charge >= 0.3 is 12.3 Å². The number of methoxy groups -OCH3 is 1. The molecule has 0 saturated heterocycles. The Labute approximate surface area is 92.6 Å². The Kier molecular flexibility index (Phi) is 4.10. The predicted octanol–water partition coefficient (Wildman–Crippen LogP) is 2.02. The largest absolute Gasteiger partial charge is 0.493 e. The summed E-state index contributed by atoms with van der Waals surface area (Å²) in [6, 6.07) is 4.91. The maximum atomic E-state index is 12.8. The van der Waals surface area contributed by atoms with Crippen molar-refractivity contribution < 1.29 is 23.8 Å². The van der Waals surface area contributed by atoms with Gasteiger partial charge in [-0.3, -0.25) is 0 Å². The number of hydrogen-bond acceptors (Lipinski definition) is 3. The number of hydrogen-bond donors (Lipinski definition) is 1. The van der Waals surface area contributed by atoms with Crippen LogP contribution in [-0.2, 0) is 11.2 Å². The van der Waals surface area contributed by atoms with Crippen LogP contribution in [0.5, 0.6) is 11.5 Å². The summed E-state index contributed by atoms with van der Waals surface area (Å²) in [7, 11) is 1.41. The van der Waals surface area contributed by atoms with E-state index in [1.165, 1.54) is 13.2 Å². The third kappa shape index (κ3) is 2.85. The molecule has 4 nitrogen and oxygen atoms in total. The van der Waals surface area contributed by atoms with E-state index < -0.39 is 12.3 Å². The fourth-order valence-electron chi connectivity index (χ4n) is 1.19. The Morgan fingerprint density at radius 2 is 2.19 bits per heavy atom. The quantitative estimate of drug-likeness (QED) is 0.837. The first-order valence-corrected chi connectivity index (χ1v) is 4.79. The molecule has 1 N–H and O–H groups in total. The topological polar surface area (TPSA) is 55.8 Å². The fraction of sp³-hybridized carbons (Fsp3) is 0.364. The van der Waals surface area contributed by atoms with Crippen molar-refractivity contribution in [2.24, 2.45) is 0 Å². The van der Waals surface area contributed by atoms with Gasteiger partial charge in [-0.15, -0.1) is 0 Å². The Morgan fingerprint density at radius 1 is 1.50 bits per heavy atom. The summed E-state index contributed by atoms with van der Waals surface area (Å²) in [5.41, 5.74) is 0.995. The monoisotopic (exact) mass is 228 g/mol. The summed E-state index contributed by atoms with van der Waals surface area (Å²) in [6.07, 6.45) is -1.59. The molecule has 0 bridgehead atoms. The predicted molar refractivity (Wildman–Crippen MR) is 55.5 cm³/mol. The van der Waals surface area contributed by atoms with E-state index in [2.05, 4.69) is 4.74 Å². The molecule has 0 aromatic heterocycles. The Hall–Kier alpha value is -1.78. The van der Waals surface area contributed by atoms with Gasteiger partial charge in [0.15, 0.2) is 11.5 Å². The van der Waals surface area contributed by atoms with Gasteiger partial charge in [0.2, 0.25) is 0 Å². The van der Waals surface area contributed by atoms with Crippen LogP contribution in [0.1, 0.15) is 12.5 Å². The van der Waals surface area contributed by atoms with Crippen molar-refractivity contribution in [1.29, 1.82) is 0 Å². The van der Waals surface area contributed by atoms with Crippen molar-refractivity contribution in [3.63, 3.8) is 0 Å². The Bertz CT molecular complexity index is 378. The number of alkyl halides is 1. The second-order valence-corrected chi connectivity index (χ2v) is 3.11. The number of carboxylic acids is 1. The van der Waals surface area contributed by atoms with E-state index in [-0.39, 0.29) is 5.75 Å². The van der Waals surface area contributed by atoms with Crippen LogP contribution in [0.2, 0.25) is 0 Å². The molecule has 0 aliphatic rings. The van der Waals surface area contributed by atoms with Crippen molar-refractivity contribution in [2.45, 2.75) is 19.7 Å². The average Bonchev–Trinajstić information content (AvgIpc) is 2.29. The third-order valence-electron chi connectivity index (χ3n) is 2.06. The van der Waals surface area contributed by atoms with E-state index in [9.17, 15) is 9.18 Å². The highest BCUT2D eigenvalue weighted by Gasteiger charge is 2.19. The second-order valence-electron chi connectivity index (χ2n) is 3.11.